The molecule has 1 N–H and O–H groups in total. The highest BCUT2D eigenvalue weighted by molar-refractivity contribution is 5.75. The molecule has 2 aromatic carbocycles. The van der Waals surface area contributed by atoms with Crippen LogP contribution in [0.1, 0.15) is 46.7 Å². The van der Waals surface area contributed by atoms with Crippen molar-refractivity contribution in [3.05, 3.63) is 70.0 Å². The topological polar surface area (TPSA) is 43.8 Å². The molecule has 4 nitrogen and oxygen atoms in total. The van der Waals surface area contributed by atoms with Gasteiger partial charge in [-0.05, 0) is 79.1 Å². The Morgan fingerprint density at radius 2 is 1.67 bits per heavy atom. The van der Waals surface area contributed by atoms with Crippen LogP contribution in [-0.4, -0.2) is 47.7 Å². The number of aliphatic hydroxyl groups excluding tert-OH is 1. The average molecular weight is 520 g/mol. The molecule has 0 radical (unpaired) electrons. The van der Waals surface area contributed by atoms with E-state index in [1.807, 2.05) is 0 Å². The van der Waals surface area contributed by atoms with Crippen LogP contribution < -0.4 is 0 Å². The van der Waals surface area contributed by atoms with Crippen molar-refractivity contribution in [2.75, 3.05) is 26.7 Å². The molecule has 2 atom stereocenters. The normalized spacial score (nSPS) is 18.9. The van der Waals surface area contributed by atoms with Crippen molar-refractivity contribution in [2.24, 2.45) is 5.92 Å². The van der Waals surface area contributed by atoms with E-state index in [0.717, 1.165) is 0 Å². The number of benzene rings is 2. The van der Waals surface area contributed by atoms with E-state index >= 15 is 0 Å². The third kappa shape index (κ3) is 6.48. The summed E-state index contributed by atoms with van der Waals surface area (Å²) >= 11 is 0. The summed E-state index contributed by atoms with van der Waals surface area (Å²) in [6, 6.07) is 4.67. The highest BCUT2D eigenvalue weighted by atomic mass is 19.4. The number of aryl methyl sites for hydroxylation is 1. The molecule has 0 aromatic heterocycles. The number of carbonyl (C=O) groups is 1. The fourth-order valence-corrected chi connectivity index (χ4v) is 4.52. The number of hydrogen-bond donors (Lipinski definition) is 1. The maximum Gasteiger partial charge on any atom is 0.416 e. The Morgan fingerprint density at radius 1 is 1.06 bits per heavy atom. The lowest BCUT2D eigenvalue weighted by atomic mass is 9.86. The van der Waals surface area contributed by atoms with E-state index in [1.165, 1.54) is 24.1 Å². The first-order valence-corrected chi connectivity index (χ1v) is 11.4. The SMILES string of the molecule is Cc1cc(F)ccc1[C@H]1C[C@@H](CO)CCN1C(=O)N(C)CCc1cc(C(F)(F)F)cc(C(F)(F)F)c1. The zero-order chi connectivity index (χ0) is 26.8. The van der Waals surface area contributed by atoms with Crippen LogP contribution in [-0.2, 0) is 18.8 Å². The van der Waals surface area contributed by atoms with Crippen molar-refractivity contribution >= 4 is 6.03 Å². The number of aliphatic hydroxyl groups is 1. The van der Waals surface area contributed by atoms with Gasteiger partial charge in [0, 0.05) is 26.7 Å². The van der Waals surface area contributed by atoms with Crippen LogP contribution in [0.3, 0.4) is 0 Å². The molecular formula is C25H27F7N2O2. The molecule has 0 unspecified atom stereocenters. The minimum Gasteiger partial charge on any atom is -0.396 e. The average Bonchev–Trinajstić information content (AvgIpc) is 2.80. The number of rotatable bonds is 5. The van der Waals surface area contributed by atoms with Gasteiger partial charge < -0.3 is 14.9 Å². The number of hydrogen-bond acceptors (Lipinski definition) is 2. The van der Waals surface area contributed by atoms with Crippen LogP contribution in [0.5, 0.6) is 0 Å². The van der Waals surface area contributed by atoms with Gasteiger partial charge in [-0.25, -0.2) is 9.18 Å². The molecule has 1 aliphatic rings. The Bertz CT molecular complexity index is 1050. The fraction of sp³-hybridized carbons (Fsp3) is 0.480. The van der Waals surface area contributed by atoms with Crippen molar-refractivity contribution in [3.8, 4) is 0 Å². The summed E-state index contributed by atoms with van der Waals surface area (Å²) in [6.45, 7) is 1.80. The van der Waals surface area contributed by atoms with Crippen LogP contribution >= 0.6 is 0 Å². The van der Waals surface area contributed by atoms with Gasteiger partial charge in [0.05, 0.1) is 17.2 Å². The number of alkyl halides is 6. The standard InChI is InChI=1S/C25H27F7N2O2/c1-15-9-20(26)3-4-21(15)22-12-17(14-35)6-8-34(22)23(36)33(2)7-5-16-10-18(24(27,28)29)13-19(11-16)25(30,31)32/h3-4,9-11,13,17,22,35H,5-8,12,14H2,1-2H3/t17-,22+/m0/s1. The lowest BCUT2D eigenvalue weighted by Gasteiger charge is -2.41. The molecule has 1 aliphatic heterocycles. The van der Waals surface area contributed by atoms with E-state index in [9.17, 15) is 40.6 Å². The molecule has 1 fully saturated rings. The molecule has 36 heavy (non-hydrogen) atoms. The second kappa shape index (κ2) is 10.7. The summed E-state index contributed by atoms with van der Waals surface area (Å²) in [6.07, 6.45) is -9.16. The second-order valence-electron chi connectivity index (χ2n) is 9.15. The number of nitrogens with zero attached hydrogens (tertiary/aromatic N) is 2. The molecule has 2 amide bonds. The summed E-state index contributed by atoms with van der Waals surface area (Å²) in [5, 5.41) is 9.64. The highest BCUT2D eigenvalue weighted by Gasteiger charge is 2.37. The Balaban J connectivity index is 1.80. The van der Waals surface area contributed by atoms with Crippen molar-refractivity contribution in [3.63, 3.8) is 0 Å². The number of carbonyl (C=O) groups excluding carboxylic acids is 1. The summed E-state index contributed by atoms with van der Waals surface area (Å²) in [5.74, 6) is -0.500. The van der Waals surface area contributed by atoms with Gasteiger partial charge in [-0.1, -0.05) is 6.07 Å². The van der Waals surface area contributed by atoms with E-state index < -0.39 is 41.4 Å². The molecule has 1 heterocycles. The first-order chi connectivity index (χ1) is 16.7. The summed E-state index contributed by atoms with van der Waals surface area (Å²) in [4.78, 5) is 16.1. The molecule has 11 heteroatoms. The number of urea groups is 1. The monoisotopic (exact) mass is 520 g/mol. The summed E-state index contributed by atoms with van der Waals surface area (Å²) in [5.41, 5.74) is -1.66. The van der Waals surface area contributed by atoms with Crippen molar-refractivity contribution in [2.45, 2.75) is 44.6 Å². The highest BCUT2D eigenvalue weighted by Crippen LogP contribution is 2.38. The van der Waals surface area contributed by atoms with Gasteiger partial charge >= 0.3 is 18.4 Å². The van der Waals surface area contributed by atoms with E-state index in [-0.39, 0.29) is 43.7 Å². The lowest BCUT2D eigenvalue weighted by Crippen LogP contribution is -2.48. The third-order valence-electron chi connectivity index (χ3n) is 6.52. The molecule has 0 aliphatic carbocycles. The number of amides is 2. The van der Waals surface area contributed by atoms with Gasteiger partial charge in [0.25, 0.3) is 0 Å². The first-order valence-electron chi connectivity index (χ1n) is 11.4. The van der Waals surface area contributed by atoms with E-state index in [1.54, 1.807) is 17.9 Å². The van der Waals surface area contributed by atoms with Crippen LogP contribution in [0, 0.1) is 18.7 Å². The maximum absolute atomic E-state index is 13.6. The maximum atomic E-state index is 13.6. The minimum atomic E-state index is -4.95. The van der Waals surface area contributed by atoms with Crippen LogP contribution in [0.15, 0.2) is 36.4 Å². The lowest BCUT2D eigenvalue weighted by molar-refractivity contribution is -0.143. The first kappa shape index (κ1) is 27.8. The van der Waals surface area contributed by atoms with Crippen LogP contribution in [0.2, 0.25) is 0 Å². The number of piperidine rings is 1. The fourth-order valence-electron chi connectivity index (χ4n) is 4.52. The number of halogens is 7. The van der Waals surface area contributed by atoms with Gasteiger partial charge in [0.15, 0.2) is 0 Å². The van der Waals surface area contributed by atoms with Gasteiger partial charge in [0.2, 0.25) is 0 Å². The summed E-state index contributed by atoms with van der Waals surface area (Å²) in [7, 11) is 1.42. The van der Waals surface area contributed by atoms with Crippen molar-refractivity contribution < 1.29 is 40.6 Å². The molecule has 1 saturated heterocycles. The Labute approximate surface area is 204 Å². The van der Waals surface area contributed by atoms with Crippen molar-refractivity contribution in [1.29, 1.82) is 0 Å². The smallest absolute Gasteiger partial charge is 0.396 e. The van der Waals surface area contributed by atoms with Gasteiger partial charge in [-0.2, -0.15) is 26.3 Å². The van der Waals surface area contributed by atoms with E-state index in [4.69, 9.17) is 0 Å². The third-order valence-corrected chi connectivity index (χ3v) is 6.52. The van der Waals surface area contributed by atoms with Gasteiger partial charge in [-0.3, -0.25) is 0 Å². The predicted molar refractivity (Wildman–Crippen MR) is 119 cm³/mol. The molecular weight excluding hydrogens is 493 g/mol. The predicted octanol–water partition coefficient (Wildman–Crippen LogP) is 6.21. The molecule has 0 bridgehead atoms. The molecule has 3 rings (SSSR count). The molecule has 198 valence electrons. The quantitative estimate of drug-likeness (QED) is 0.477. The van der Waals surface area contributed by atoms with Gasteiger partial charge in [-0.15, -0.1) is 0 Å². The summed E-state index contributed by atoms with van der Waals surface area (Å²) < 4.78 is 92.5. The Hall–Kier alpha value is -2.82. The zero-order valence-electron chi connectivity index (χ0n) is 19.8. The van der Waals surface area contributed by atoms with E-state index in [0.29, 0.717) is 36.1 Å². The van der Waals surface area contributed by atoms with Gasteiger partial charge in [0.1, 0.15) is 5.82 Å². The zero-order valence-corrected chi connectivity index (χ0v) is 19.8. The van der Waals surface area contributed by atoms with E-state index in [2.05, 4.69) is 0 Å². The molecule has 2 aromatic rings. The largest absolute Gasteiger partial charge is 0.416 e. The minimum absolute atomic E-state index is 0.0688. The molecule has 0 spiro atoms. The van der Waals surface area contributed by atoms with Crippen molar-refractivity contribution in [1.82, 2.24) is 9.80 Å². The number of likely N-dealkylation sites (tertiary alicyclic amines) is 1. The number of likely N-dealkylation sites (N-methyl/N-ethyl adjacent to an activating group) is 1. The van der Waals surface area contributed by atoms with Crippen LogP contribution in [0.4, 0.5) is 35.5 Å². The Kier molecular flexibility index (Phi) is 8.22. The molecule has 0 saturated carbocycles. The Morgan fingerprint density at radius 3 is 2.19 bits per heavy atom. The van der Waals surface area contributed by atoms with Crippen LogP contribution in [0.25, 0.3) is 0 Å². The second-order valence-corrected chi connectivity index (χ2v) is 9.15.